The van der Waals surface area contributed by atoms with Crippen molar-refractivity contribution in [1.82, 2.24) is 0 Å². The Morgan fingerprint density at radius 1 is 1.16 bits per heavy atom. The molecule has 1 saturated carbocycles. The fourth-order valence-corrected chi connectivity index (χ4v) is 6.28. The summed E-state index contributed by atoms with van der Waals surface area (Å²) >= 11 is 0. The van der Waals surface area contributed by atoms with Crippen LogP contribution in [0.4, 0.5) is 4.79 Å². The van der Waals surface area contributed by atoms with Crippen molar-refractivity contribution in [1.29, 1.82) is 0 Å². The Labute approximate surface area is 178 Å². The van der Waals surface area contributed by atoms with Crippen LogP contribution in [0.1, 0.15) is 30.6 Å². The standard InChI is InChI=1S/C23H22O8/c1-12-8-15-22(10-27-20(26)31-18(22)16(12)24)21(2)9-14(17(30-15)23(21)11-28-23)29-19(25)13-6-4-3-5-7-13/h3-8,14-15,17-18H,9-11H2,1-2H3. The quantitative estimate of drug-likeness (QED) is 0.524. The van der Waals surface area contributed by atoms with Crippen LogP contribution < -0.4 is 0 Å². The molecule has 2 spiro atoms. The van der Waals surface area contributed by atoms with Gasteiger partial charge >= 0.3 is 12.1 Å². The topological polar surface area (TPSA) is 101 Å². The molecule has 0 aromatic heterocycles. The van der Waals surface area contributed by atoms with Gasteiger partial charge in [0.1, 0.15) is 24.4 Å². The molecule has 5 aliphatic rings. The summed E-state index contributed by atoms with van der Waals surface area (Å²) in [5.74, 6) is -0.691. The number of Topliss-reactive ketones (excluding diaryl/α,β-unsaturated/α-hetero) is 1. The van der Waals surface area contributed by atoms with Crippen LogP contribution in [0, 0.1) is 10.8 Å². The van der Waals surface area contributed by atoms with Crippen molar-refractivity contribution in [3.8, 4) is 0 Å². The fraction of sp³-hybridized carbons (Fsp3) is 0.522. The Morgan fingerprint density at radius 3 is 2.61 bits per heavy atom. The van der Waals surface area contributed by atoms with E-state index in [9.17, 15) is 14.4 Å². The molecule has 1 aromatic rings. The highest BCUT2D eigenvalue weighted by Gasteiger charge is 2.85. The van der Waals surface area contributed by atoms with E-state index in [2.05, 4.69) is 0 Å². The minimum absolute atomic E-state index is 0.0234. The van der Waals surface area contributed by atoms with Gasteiger partial charge in [-0.25, -0.2) is 9.59 Å². The third kappa shape index (κ3) is 2.19. The Kier molecular flexibility index (Phi) is 3.65. The molecule has 2 aliphatic carbocycles. The summed E-state index contributed by atoms with van der Waals surface area (Å²) in [6.45, 7) is 4.09. The maximum atomic E-state index is 13.1. The molecule has 1 aromatic carbocycles. The zero-order valence-electron chi connectivity index (χ0n) is 17.2. The van der Waals surface area contributed by atoms with Gasteiger partial charge in [-0.15, -0.1) is 0 Å². The number of rotatable bonds is 2. The highest BCUT2D eigenvalue weighted by molar-refractivity contribution is 6.01. The summed E-state index contributed by atoms with van der Waals surface area (Å²) in [5, 5.41) is 0. The van der Waals surface area contributed by atoms with Crippen molar-refractivity contribution in [3.05, 3.63) is 47.5 Å². The van der Waals surface area contributed by atoms with E-state index in [0.29, 0.717) is 24.2 Å². The molecule has 8 heteroatoms. The summed E-state index contributed by atoms with van der Waals surface area (Å²) in [6, 6.07) is 8.78. The van der Waals surface area contributed by atoms with Gasteiger partial charge in [0.2, 0.25) is 0 Å². The Morgan fingerprint density at radius 2 is 1.90 bits per heavy atom. The summed E-state index contributed by atoms with van der Waals surface area (Å²) < 4.78 is 29.2. The number of hydrogen-bond acceptors (Lipinski definition) is 8. The molecular formula is C23H22O8. The minimum atomic E-state index is -1.03. The Hall–Kier alpha value is -2.71. The van der Waals surface area contributed by atoms with Gasteiger partial charge < -0.3 is 23.7 Å². The van der Waals surface area contributed by atoms with E-state index in [1.54, 1.807) is 37.3 Å². The molecule has 31 heavy (non-hydrogen) atoms. The third-order valence-corrected chi connectivity index (χ3v) is 8.03. The number of benzene rings is 1. The van der Waals surface area contributed by atoms with E-state index in [-0.39, 0.29) is 12.4 Å². The van der Waals surface area contributed by atoms with E-state index in [1.807, 2.05) is 13.0 Å². The first-order chi connectivity index (χ1) is 14.8. The molecule has 0 amide bonds. The van der Waals surface area contributed by atoms with Gasteiger partial charge in [0.25, 0.3) is 0 Å². The smallest absolute Gasteiger partial charge is 0.456 e. The lowest BCUT2D eigenvalue weighted by atomic mass is 9.50. The predicted octanol–water partition coefficient (Wildman–Crippen LogP) is 2.21. The van der Waals surface area contributed by atoms with Gasteiger partial charge in [-0.05, 0) is 37.1 Å². The van der Waals surface area contributed by atoms with Crippen molar-refractivity contribution in [2.75, 3.05) is 13.2 Å². The number of ether oxygens (including phenoxy) is 5. The van der Waals surface area contributed by atoms with E-state index < -0.39 is 53.0 Å². The molecule has 4 fully saturated rings. The van der Waals surface area contributed by atoms with Gasteiger partial charge in [-0.3, -0.25) is 4.79 Å². The van der Waals surface area contributed by atoms with Crippen LogP contribution in [0.15, 0.2) is 42.0 Å². The maximum Gasteiger partial charge on any atom is 0.509 e. The number of carbonyl (C=O) groups is 3. The van der Waals surface area contributed by atoms with E-state index >= 15 is 0 Å². The first-order valence-electron chi connectivity index (χ1n) is 10.4. The molecule has 0 radical (unpaired) electrons. The monoisotopic (exact) mass is 426 g/mol. The number of hydrogen-bond donors (Lipinski definition) is 0. The number of esters is 1. The molecule has 7 atom stereocenters. The second-order valence-corrected chi connectivity index (χ2v) is 9.29. The number of ketones is 1. The van der Waals surface area contributed by atoms with Crippen LogP contribution >= 0.6 is 0 Å². The molecule has 3 saturated heterocycles. The molecule has 8 nitrogen and oxygen atoms in total. The average molecular weight is 426 g/mol. The highest BCUT2D eigenvalue weighted by Crippen LogP contribution is 2.72. The van der Waals surface area contributed by atoms with Crippen LogP contribution in [0.2, 0.25) is 0 Å². The van der Waals surface area contributed by atoms with Crippen molar-refractivity contribution >= 4 is 17.9 Å². The van der Waals surface area contributed by atoms with Crippen LogP contribution in [0.25, 0.3) is 0 Å². The summed E-state index contributed by atoms with van der Waals surface area (Å²) in [7, 11) is 0. The molecule has 0 N–H and O–H groups in total. The van der Waals surface area contributed by atoms with Crippen molar-refractivity contribution in [3.63, 3.8) is 0 Å². The molecule has 6 rings (SSSR count). The maximum absolute atomic E-state index is 13.1. The zero-order valence-corrected chi connectivity index (χ0v) is 17.2. The fourth-order valence-electron chi connectivity index (χ4n) is 6.28. The lowest BCUT2D eigenvalue weighted by molar-refractivity contribution is -0.262. The lowest BCUT2D eigenvalue weighted by Crippen LogP contribution is -2.72. The minimum Gasteiger partial charge on any atom is -0.456 e. The molecule has 3 heterocycles. The van der Waals surface area contributed by atoms with E-state index in [1.165, 1.54) is 0 Å². The van der Waals surface area contributed by atoms with Crippen molar-refractivity contribution in [2.24, 2.45) is 10.8 Å². The van der Waals surface area contributed by atoms with Gasteiger partial charge in [0.05, 0.1) is 23.7 Å². The SMILES string of the molecule is CC1=CC2OC3C(OC(=O)c4ccccc4)CC(C)(C34CO4)C23COC(=O)OC3C1=O. The first-order valence-corrected chi connectivity index (χ1v) is 10.4. The zero-order chi connectivity index (χ0) is 21.6. The van der Waals surface area contributed by atoms with Crippen LogP contribution in [-0.4, -0.2) is 61.1 Å². The van der Waals surface area contributed by atoms with Gasteiger partial charge in [-0.1, -0.05) is 25.1 Å². The number of cyclic esters (lactones) is 1. The largest absolute Gasteiger partial charge is 0.509 e. The molecule has 162 valence electrons. The number of epoxide rings is 1. The normalized spacial score (nSPS) is 44.5. The van der Waals surface area contributed by atoms with Crippen molar-refractivity contribution < 1.29 is 38.1 Å². The van der Waals surface area contributed by atoms with E-state index in [0.717, 1.165) is 0 Å². The molecule has 7 unspecified atom stereocenters. The lowest BCUT2D eigenvalue weighted by Gasteiger charge is -2.59. The first kappa shape index (κ1) is 19.0. The second-order valence-electron chi connectivity index (χ2n) is 9.29. The molecule has 2 bridgehead atoms. The predicted molar refractivity (Wildman–Crippen MR) is 103 cm³/mol. The summed E-state index contributed by atoms with van der Waals surface area (Å²) in [5.41, 5.74) is -1.43. The highest BCUT2D eigenvalue weighted by atomic mass is 16.7. The van der Waals surface area contributed by atoms with Gasteiger partial charge in [0.15, 0.2) is 11.9 Å². The van der Waals surface area contributed by atoms with Crippen LogP contribution in [-0.2, 0) is 28.5 Å². The third-order valence-electron chi connectivity index (χ3n) is 8.03. The van der Waals surface area contributed by atoms with Crippen LogP contribution in [0.3, 0.4) is 0 Å². The van der Waals surface area contributed by atoms with E-state index in [4.69, 9.17) is 23.7 Å². The van der Waals surface area contributed by atoms with Crippen LogP contribution in [0.5, 0.6) is 0 Å². The average Bonchev–Trinajstić information content (AvgIpc) is 3.53. The Bertz CT molecular complexity index is 1030. The molecule has 3 aliphatic heterocycles. The van der Waals surface area contributed by atoms with Gasteiger partial charge in [0, 0.05) is 5.41 Å². The summed E-state index contributed by atoms with van der Waals surface area (Å²) in [4.78, 5) is 37.8. The van der Waals surface area contributed by atoms with Gasteiger partial charge in [-0.2, -0.15) is 0 Å². The number of carbonyl (C=O) groups excluding carboxylic acids is 3. The van der Waals surface area contributed by atoms with Crippen molar-refractivity contribution in [2.45, 2.75) is 50.3 Å². The second kappa shape index (κ2) is 5.95. The Balaban J connectivity index is 1.42. The molecular weight excluding hydrogens is 404 g/mol. The summed E-state index contributed by atoms with van der Waals surface area (Å²) in [6.07, 6.45) is -1.29.